The van der Waals surface area contributed by atoms with Gasteiger partial charge in [0.05, 0.1) is 30.5 Å². The second-order valence-corrected chi connectivity index (χ2v) is 8.60. The first-order chi connectivity index (χ1) is 15.7. The van der Waals surface area contributed by atoms with Crippen molar-refractivity contribution in [2.75, 3.05) is 6.61 Å². The van der Waals surface area contributed by atoms with Crippen molar-refractivity contribution in [3.63, 3.8) is 0 Å². The van der Waals surface area contributed by atoms with E-state index in [-0.39, 0.29) is 18.6 Å². The predicted octanol–water partition coefficient (Wildman–Crippen LogP) is 3.84. The van der Waals surface area contributed by atoms with Crippen molar-refractivity contribution in [1.82, 2.24) is 20.2 Å². The summed E-state index contributed by atoms with van der Waals surface area (Å²) in [5.74, 6) is -0.139. The van der Waals surface area contributed by atoms with Gasteiger partial charge in [0.15, 0.2) is 0 Å². The number of halogens is 3. The highest BCUT2D eigenvalue weighted by Gasteiger charge is 2.33. The molecule has 0 radical (unpaired) electrons. The molecule has 2 aliphatic rings. The Balaban J connectivity index is 1.54. The number of nitrogens with zero attached hydrogens (tertiary/aromatic N) is 2. The largest absolute Gasteiger partial charge is 0.433 e. The summed E-state index contributed by atoms with van der Waals surface area (Å²) in [5.41, 5.74) is 0.845. The quantitative estimate of drug-likeness (QED) is 0.652. The summed E-state index contributed by atoms with van der Waals surface area (Å²) in [7, 11) is 0. The van der Waals surface area contributed by atoms with Gasteiger partial charge in [-0.05, 0) is 49.8 Å². The molecule has 1 aliphatic carbocycles. The first-order valence-corrected chi connectivity index (χ1v) is 11.1. The van der Waals surface area contributed by atoms with Crippen LogP contribution in [0.3, 0.4) is 0 Å². The Labute approximate surface area is 189 Å². The lowest BCUT2D eigenvalue weighted by Gasteiger charge is -2.21. The molecule has 7 nitrogen and oxygen atoms in total. The van der Waals surface area contributed by atoms with E-state index in [0.717, 1.165) is 25.1 Å². The van der Waals surface area contributed by atoms with Gasteiger partial charge in [-0.15, -0.1) is 0 Å². The molecule has 0 aromatic carbocycles. The summed E-state index contributed by atoms with van der Waals surface area (Å²) in [6.45, 7) is 4.90. The third kappa shape index (κ3) is 5.05. The average molecular weight is 464 g/mol. The van der Waals surface area contributed by atoms with Gasteiger partial charge >= 0.3 is 6.18 Å². The minimum Gasteiger partial charge on any atom is -0.373 e. The summed E-state index contributed by atoms with van der Waals surface area (Å²) in [4.78, 5) is 29.5. The number of alkyl halides is 3. The van der Waals surface area contributed by atoms with Crippen LogP contribution in [0.1, 0.15) is 76.9 Å². The average Bonchev–Trinajstić information content (AvgIpc) is 3.57. The monoisotopic (exact) mass is 464 g/mol. The fraction of sp³-hybridized carbons (Fsp3) is 0.522. The minimum atomic E-state index is -4.52. The Morgan fingerprint density at radius 3 is 2.61 bits per heavy atom. The van der Waals surface area contributed by atoms with Crippen molar-refractivity contribution in [2.24, 2.45) is 5.92 Å². The lowest BCUT2D eigenvalue weighted by molar-refractivity contribution is -0.141. The Morgan fingerprint density at radius 2 is 2.00 bits per heavy atom. The van der Waals surface area contributed by atoms with Crippen molar-refractivity contribution in [1.29, 1.82) is 0 Å². The Hall–Kier alpha value is -2.88. The molecule has 2 N–H and O–H groups in total. The molecule has 2 atom stereocenters. The van der Waals surface area contributed by atoms with Crippen molar-refractivity contribution in [3.05, 3.63) is 52.6 Å². The summed E-state index contributed by atoms with van der Waals surface area (Å²) in [5, 5.41) is 5.89. The molecule has 3 heterocycles. The molecule has 10 heteroatoms. The molecular weight excluding hydrogens is 437 g/mol. The van der Waals surface area contributed by atoms with Crippen LogP contribution in [0.15, 0.2) is 24.4 Å². The summed E-state index contributed by atoms with van der Waals surface area (Å²) < 4.78 is 45.8. The van der Waals surface area contributed by atoms with Gasteiger partial charge in [0.1, 0.15) is 11.4 Å². The highest BCUT2D eigenvalue weighted by molar-refractivity contribution is 6.01. The molecule has 2 aromatic heterocycles. The fourth-order valence-electron chi connectivity index (χ4n) is 4.14. The molecule has 2 aromatic rings. The molecule has 1 saturated carbocycles. The van der Waals surface area contributed by atoms with E-state index >= 15 is 0 Å². The number of hydrogen-bond acceptors (Lipinski definition) is 4. The van der Waals surface area contributed by atoms with Crippen molar-refractivity contribution in [2.45, 2.75) is 64.5 Å². The lowest BCUT2D eigenvalue weighted by atomic mass is 10.1. The number of hydrogen-bond donors (Lipinski definition) is 2. The highest BCUT2D eigenvalue weighted by atomic mass is 19.4. The van der Waals surface area contributed by atoms with Gasteiger partial charge in [-0.3, -0.25) is 14.6 Å². The normalized spacial score (nSPS) is 17.7. The summed E-state index contributed by atoms with van der Waals surface area (Å²) in [6.07, 6.45) is -0.729. The van der Waals surface area contributed by atoms with Gasteiger partial charge < -0.3 is 19.9 Å². The molecule has 0 saturated heterocycles. The van der Waals surface area contributed by atoms with E-state index in [9.17, 15) is 22.8 Å². The number of fused-ring (bicyclic) bond motifs is 1. The molecule has 0 unspecified atom stereocenters. The van der Waals surface area contributed by atoms with Gasteiger partial charge in [-0.1, -0.05) is 13.0 Å². The number of amides is 2. The molecule has 178 valence electrons. The number of aromatic nitrogens is 2. The van der Waals surface area contributed by atoms with Crippen LogP contribution in [0.4, 0.5) is 13.2 Å². The maximum Gasteiger partial charge on any atom is 0.433 e. The standard InChI is InChI=1S/C23H27F3N4O3/c1-3-17(15-6-7-20(27-11-15)23(24,25)26)29-21(31)16-10-18(30-8-9-33-12-19(16)30)22(32)28-13(2)14-4-5-14/h6-7,10-11,13-14,17H,3-5,8-9,12H2,1-2H3,(H,28,32)(H,29,31)/t13-,17-/m1/s1. The molecular formula is C23H27F3N4O3. The smallest absolute Gasteiger partial charge is 0.373 e. The van der Waals surface area contributed by atoms with Crippen molar-refractivity contribution >= 4 is 11.8 Å². The third-order valence-corrected chi connectivity index (χ3v) is 6.26. The maximum atomic E-state index is 13.1. The molecule has 1 aliphatic heterocycles. The second kappa shape index (κ2) is 9.17. The van der Waals surface area contributed by atoms with Gasteiger partial charge in [0.2, 0.25) is 0 Å². The Morgan fingerprint density at radius 1 is 1.24 bits per heavy atom. The topological polar surface area (TPSA) is 85.2 Å². The number of pyridine rings is 1. The van der Waals surface area contributed by atoms with Crippen molar-refractivity contribution < 1.29 is 27.5 Å². The van der Waals surface area contributed by atoms with Crippen LogP contribution in [0.5, 0.6) is 0 Å². The van der Waals surface area contributed by atoms with Gasteiger partial charge in [0, 0.05) is 18.8 Å². The van der Waals surface area contributed by atoms with E-state index in [1.54, 1.807) is 6.07 Å². The van der Waals surface area contributed by atoms with Gasteiger partial charge in [-0.25, -0.2) is 0 Å². The SMILES string of the molecule is CC[C@@H](NC(=O)c1cc(C(=O)N[C@H](C)C2CC2)n2c1COCC2)c1ccc(C(F)(F)F)nc1. The Bertz CT molecular complexity index is 1030. The zero-order valence-electron chi connectivity index (χ0n) is 18.5. The van der Waals surface area contributed by atoms with Crippen LogP contribution in [0.2, 0.25) is 0 Å². The van der Waals surface area contributed by atoms with E-state index in [1.165, 1.54) is 6.07 Å². The number of ether oxygens (including phenoxy) is 1. The van der Waals surface area contributed by atoms with Crippen LogP contribution in [-0.2, 0) is 24.1 Å². The van der Waals surface area contributed by atoms with Crippen LogP contribution in [0.25, 0.3) is 0 Å². The Kier molecular flexibility index (Phi) is 6.47. The number of nitrogens with one attached hydrogen (secondary N) is 2. The van der Waals surface area contributed by atoms with Gasteiger partial charge in [-0.2, -0.15) is 13.2 Å². The molecule has 4 rings (SSSR count). The number of carbonyl (C=O) groups excluding carboxylic acids is 2. The van der Waals surface area contributed by atoms with E-state index in [4.69, 9.17) is 4.74 Å². The first kappa shape index (κ1) is 23.3. The van der Waals surface area contributed by atoms with Crippen LogP contribution < -0.4 is 10.6 Å². The number of carbonyl (C=O) groups is 2. The summed E-state index contributed by atoms with van der Waals surface area (Å²) >= 11 is 0. The van der Waals surface area contributed by atoms with Crippen LogP contribution in [0, 0.1) is 5.92 Å². The third-order valence-electron chi connectivity index (χ3n) is 6.26. The van der Waals surface area contributed by atoms with Crippen LogP contribution >= 0.6 is 0 Å². The molecule has 0 bridgehead atoms. The molecule has 33 heavy (non-hydrogen) atoms. The number of rotatable bonds is 7. The maximum absolute atomic E-state index is 13.1. The second-order valence-electron chi connectivity index (χ2n) is 8.60. The fourth-order valence-corrected chi connectivity index (χ4v) is 4.14. The molecule has 2 amide bonds. The zero-order chi connectivity index (χ0) is 23.8. The van der Waals surface area contributed by atoms with E-state index in [1.807, 2.05) is 18.4 Å². The first-order valence-electron chi connectivity index (χ1n) is 11.1. The molecule has 0 spiro atoms. The van der Waals surface area contributed by atoms with Crippen LogP contribution in [-0.4, -0.2) is 34.0 Å². The van der Waals surface area contributed by atoms with Gasteiger partial charge in [0.25, 0.3) is 11.8 Å². The van der Waals surface area contributed by atoms with E-state index < -0.39 is 23.8 Å². The molecule has 1 fully saturated rings. The zero-order valence-corrected chi connectivity index (χ0v) is 18.5. The lowest BCUT2D eigenvalue weighted by Crippen LogP contribution is -2.36. The predicted molar refractivity (Wildman–Crippen MR) is 113 cm³/mol. The highest BCUT2D eigenvalue weighted by Crippen LogP contribution is 2.33. The minimum absolute atomic E-state index is 0.0670. The van der Waals surface area contributed by atoms with E-state index in [0.29, 0.717) is 48.0 Å². The van der Waals surface area contributed by atoms with E-state index in [2.05, 4.69) is 15.6 Å². The van der Waals surface area contributed by atoms with Crippen molar-refractivity contribution in [3.8, 4) is 0 Å². The summed E-state index contributed by atoms with van der Waals surface area (Å²) in [6, 6.07) is 3.34.